The predicted molar refractivity (Wildman–Crippen MR) is 185 cm³/mol. The molecule has 2 saturated heterocycles. The van der Waals surface area contributed by atoms with Crippen LogP contribution in [0.5, 0.6) is 23.0 Å². The SMILES string of the molecule is COc1cc2c(cc1OC)[C@@H]1C/C(=N\N=C3/C[C@H]4c5cc(OC)c(OC)cc5CCN4C[C@@H]3CC(C)C)[C@@H](CC(C)C)CN1CC2. The molecular formula is C38H54N4O4. The smallest absolute Gasteiger partial charge is 0.161 e. The van der Waals surface area contributed by atoms with Crippen molar-refractivity contribution in [2.24, 2.45) is 33.9 Å². The van der Waals surface area contributed by atoms with E-state index in [1.807, 2.05) is 0 Å². The second-order valence-corrected chi connectivity index (χ2v) is 14.6. The van der Waals surface area contributed by atoms with E-state index in [1.165, 1.54) is 33.7 Å². The molecule has 0 aliphatic carbocycles. The molecule has 0 spiro atoms. The quantitative estimate of drug-likeness (QED) is 0.274. The van der Waals surface area contributed by atoms with Gasteiger partial charge in [-0.05, 0) is 84.0 Å². The van der Waals surface area contributed by atoms with Crippen LogP contribution in [0.25, 0.3) is 0 Å². The number of fused-ring (bicyclic) bond motifs is 6. The zero-order valence-corrected chi connectivity index (χ0v) is 29.3. The summed E-state index contributed by atoms with van der Waals surface area (Å²) in [4.78, 5) is 5.35. The third-order valence-electron chi connectivity index (χ3n) is 10.7. The fourth-order valence-electron chi connectivity index (χ4n) is 8.51. The van der Waals surface area contributed by atoms with Gasteiger partial charge in [-0.2, -0.15) is 10.2 Å². The molecule has 4 heterocycles. The minimum atomic E-state index is 0.284. The Bertz CT molecular complexity index is 1360. The molecule has 2 aromatic rings. The Kier molecular flexibility index (Phi) is 9.95. The highest BCUT2D eigenvalue weighted by molar-refractivity contribution is 5.92. The van der Waals surface area contributed by atoms with Crippen LogP contribution in [-0.2, 0) is 12.8 Å². The van der Waals surface area contributed by atoms with Crippen LogP contribution in [-0.4, -0.2) is 75.8 Å². The summed E-state index contributed by atoms with van der Waals surface area (Å²) in [6.07, 6.45) is 6.13. The minimum absolute atomic E-state index is 0.284. The molecule has 2 aromatic carbocycles. The molecule has 46 heavy (non-hydrogen) atoms. The van der Waals surface area contributed by atoms with Crippen molar-refractivity contribution < 1.29 is 18.9 Å². The van der Waals surface area contributed by atoms with Crippen LogP contribution < -0.4 is 18.9 Å². The van der Waals surface area contributed by atoms with Crippen molar-refractivity contribution >= 4 is 11.4 Å². The summed E-state index contributed by atoms with van der Waals surface area (Å²) in [5.41, 5.74) is 7.93. The van der Waals surface area contributed by atoms with Crippen LogP contribution in [0, 0.1) is 23.7 Å². The molecule has 0 unspecified atom stereocenters. The summed E-state index contributed by atoms with van der Waals surface area (Å²) in [6.45, 7) is 13.5. The van der Waals surface area contributed by atoms with Crippen LogP contribution in [0.15, 0.2) is 34.5 Å². The normalized spacial score (nSPS) is 26.5. The van der Waals surface area contributed by atoms with Gasteiger partial charge >= 0.3 is 0 Å². The zero-order valence-electron chi connectivity index (χ0n) is 29.3. The van der Waals surface area contributed by atoms with Gasteiger partial charge in [0, 0.05) is 74.4 Å². The highest BCUT2D eigenvalue weighted by atomic mass is 16.5. The van der Waals surface area contributed by atoms with E-state index in [-0.39, 0.29) is 12.1 Å². The molecule has 0 saturated carbocycles. The third kappa shape index (κ3) is 6.52. The zero-order chi connectivity index (χ0) is 32.5. The molecule has 0 bridgehead atoms. The Morgan fingerprint density at radius 3 is 1.33 bits per heavy atom. The van der Waals surface area contributed by atoms with E-state index in [9.17, 15) is 0 Å². The topological polar surface area (TPSA) is 68.1 Å². The van der Waals surface area contributed by atoms with Gasteiger partial charge in [0.2, 0.25) is 0 Å². The second kappa shape index (κ2) is 13.9. The van der Waals surface area contributed by atoms with Gasteiger partial charge in [0.15, 0.2) is 23.0 Å². The first-order valence-corrected chi connectivity index (χ1v) is 17.3. The fourth-order valence-corrected chi connectivity index (χ4v) is 8.51. The van der Waals surface area contributed by atoms with Crippen LogP contribution in [0.4, 0.5) is 0 Å². The van der Waals surface area contributed by atoms with Crippen molar-refractivity contribution in [1.82, 2.24) is 9.80 Å². The lowest BCUT2D eigenvalue weighted by atomic mass is 9.79. The van der Waals surface area contributed by atoms with Gasteiger partial charge in [0.05, 0.1) is 28.4 Å². The minimum Gasteiger partial charge on any atom is -0.493 e. The summed E-state index contributed by atoms with van der Waals surface area (Å²) in [6, 6.07) is 9.34. The van der Waals surface area contributed by atoms with Crippen molar-refractivity contribution in [3.05, 3.63) is 46.5 Å². The number of hydrogen-bond donors (Lipinski definition) is 0. The molecule has 0 radical (unpaired) electrons. The molecule has 0 amide bonds. The van der Waals surface area contributed by atoms with E-state index in [0.717, 1.165) is 87.7 Å². The van der Waals surface area contributed by atoms with Crippen molar-refractivity contribution in [1.29, 1.82) is 0 Å². The van der Waals surface area contributed by atoms with Gasteiger partial charge in [-0.25, -0.2) is 0 Å². The summed E-state index contributed by atoms with van der Waals surface area (Å²) >= 11 is 0. The van der Waals surface area contributed by atoms with Crippen molar-refractivity contribution in [3.63, 3.8) is 0 Å². The molecule has 250 valence electrons. The number of hydrogen-bond acceptors (Lipinski definition) is 8. The molecule has 0 N–H and O–H groups in total. The Morgan fingerprint density at radius 2 is 0.978 bits per heavy atom. The summed E-state index contributed by atoms with van der Waals surface area (Å²) in [5, 5.41) is 10.5. The molecule has 8 heteroatoms. The van der Waals surface area contributed by atoms with Crippen LogP contribution >= 0.6 is 0 Å². The van der Waals surface area contributed by atoms with Gasteiger partial charge in [0.1, 0.15) is 0 Å². The number of rotatable bonds is 9. The van der Waals surface area contributed by atoms with Crippen LogP contribution in [0.3, 0.4) is 0 Å². The van der Waals surface area contributed by atoms with Crippen LogP contribution in [0.1, 0.15) is 87.7 Å². The predicted octanol–water partition coefficient (Wildman–Crippen LogP) is 7.15. The first-order chi connectivity index (χ1) is 22.2. The average Bonchev–Trinajstić information content (AvgIpc) is 3.05. The molecule has 4 atom stereocenters. The van der Waals surface area contributed by atoms with Crippen LogP contribution in [0.2, 0.25) is 0 Å². The molecule has 0 aromatic heterocycles. The average molecular weight is 631 g/mol. The highest BCUT2D eigenvalue weighted by Crippen LogP contribution is 2.45. The first kappa shape index (κ1) is 32.8. The lowest BCUT2D eigenvalue weighted by molar-refractivity contribution is 0.146. The van der Waals surface area contributed by atoms with Gasteiger partial charge in [-0.3, -0.25) is 9.80 Å². The Morgan fingerprint density at radius 1 is 0.609 bits per heavy atom. The third-order valence-corrected chi connectivity index (χ3v) is 10.7. The van der Waals surface area contributed by atoms with Gasteiger partial charge in [0.25, 0.3) is 0 Å². The molecule has 4 aliphatic rings. The molecule has 2 fully saturated rings. The number of nitrogens with zero attached hydrogens (tertiary/aromatic N) is 4. The second-order valence-electron chi connectivity index (χ2n) is 14.6. The maximum atomic E-state index is 5.73. The standard InChI is InChI=1S/C38H54N4O4/c1-23(2)13-27-21-41-11-9-25-15-35(43-5)37(45-7)17-29(25)33(41)19-31(27)39-40-32-20-34-30-18-38(46-8)36(44-6)16-26(30)10-12-42(34)22-28(32)14-24(3)4/h15-18,23-24,27-28,33-34H,9-14,19-22H2,1-8H3/b39-31+,40-32+/t27-,28-,33-,34-/m0/s1. The van der Waals surface area contributed by atoms with E-state index in [2.05, 4.69) is 61.8 Å². The number of methoxy groups -OCH3 is 4. The highest BCUT2D eigenvalue weighted by Gasteiger charge is 2.40. The maximum absolute atomic E-state index is 5.73. The largest absolute Gasteiger partial charge is 0.493 e. The van der Waals surface area contributed by atoms with E-state index in [0.29, 0.717) is 23.7 Å². The number of benzene rings is 2. The van der Waals surface area contributed by atoms with Crippen molar-refractivity contribution in [3.8, 4) is 23.0 Å². The fraction of sp³-hybridized carbons (Fsp3) is 0.632. The van der Waals surface area contributed by atoms with Gasteiger partial charge in [-0.1, -0.05) is 27.7 Å². The van der Waals surface area contributed by atoms with E-state index in [4.69, 9.17) is 29.2 Å². The maximum Gasteiger partial charge on any atom is 0.161 e. The Balaban J connectivity index is 1.35. The lowest BCUT2D eigenvalue weighted by Gasteiger charge is -2.45. The summed E-state index contributed by atoms with van der Waals surface area (Å²) < 4.78 is 22.8. The molecule has 6 rings (SSSR count). The number of ether oxygens (including phenoxy) is 4. The van der Waals surface area contributed by atoms with Crippen molar-refractivity contribution in [2.45, 2.75) is 78.3 Å². The molecule has 8 nitrogen and oxygen atoms in total. The summed E-state index contributed by atoms with van der Waals surface area (Å²) in [7, 11) is 6.89. The number of piperidine rings is 2. The van der Waals surface area contributed by atoms with E-state index in [1.54, 1.807) is 28.4 Å². The Labute approximate surface area is 276 Å². The lowest BCUT2D eigenvalue weighted by Crippen LogP contribution is -2.47. The Hall–Kier alpha value is -3.10. The monoisotopic (exact) mass is 630 g/mol. The first-order valence-electron chi connectivity index (χ1n) is 17.3. The molecule has 4 aliphatic heterocycles. The van der Waals surface area contributed by atoms with E-state index < -0.39 is 0 Å². The van der Waals surface area contributed by atoms with Crippen molar-refractivity contribution in [2.75, 3.05) is 54.6 Å². The molecular weight excluding hydrogens is 576 g/mol. The summed E-state index contributed by atoms with van der Waals surface area (Å²) in [5.74, 6) is 5.26. The van der Waals surface area contributed by atoms with E-state index >= 15 is 0 Å². The van der Waals surface area contributed by atoms with Gasteiger partial charge < -0.3 is 18.9 Å². The van der Waals surface area contributed by atoms with Gasteiger partial charge in [-0.15, -0.1) is 0 Å².